The molecule has 0 saturated heterocycles. The molecule has 1 aliphatic rings. The number of anilines is 1. The minimum absolute atomic E-state index is 0.00263. The molecule has 2 atom stereocenters. The first-order valence-corrected chi connectivity index (χ1v) is 10.9. The van der Waals surface area contributed by atoms with Gasteiger partial charge >= 0.3 is 5.69 Å². The van der Waals surface area contributed by atoms with E-state index in [1.54, 1.807) is 13.0 Å². The van der Waals surface area contributed by atoms with Crippen LogP contribution < -0.4 is 10.6 Å². The summed E-state index contributed by atoms with van der Waals surface area (Å²) in [6, 6.07) is 10.9. The Labute approximate surface area is 186 Å². The Hall–Kier alpha value is -2.97. The monoisotopic (exact) mass is 440 g/mol. The number of aliphatic hydroxyl groups is 2. The van der Waals surface area contributed by atoms with Crippen molar-refractivity contribution in [2.24, 2.45) is 0 Å². The first-order valence-electron chi connectivity index (χ1n) is 10.9. The Kier molecular flexibility index (Phi) is 5.92. The fourth-order valence-electron chi connectivity index (χ4n) is 4.63. The van der Waals surface area contributed by atoms with Crippen molar-refractivity contribution in [2.75, 3.05) is 11.4 Å². The lowest BCUT2D eigenvalue weighted by molar-refractivity contribution is 0.139. The van der Waals surface area contributed by atoms with Crippen molar-refractivity contribution in [2.45, 2.75) is 58.9 Å². The molecule has 1 aliphatic heterocycles. The third-order valence-electron chi connectivity index (χ3n) is 6.33. The lowest BCUT2D eigenvalue weighted by Crippen LogP contribution is -2.41. The van der Waals surface area contributed by atoms with Gasteiger partial charge in [0.2, 0.25) is 0 Å². The first-order chi connectivity index (χ1) is 15.3. The average molecular weight is 441 g/mol. The van der Waals surface area contributed by atoms with Crippen LogP contribution in [0.3, 0.4) is 0 Å². The smallest absolute Gasteiger partial charge is 0.350 e. The Morgan fingerprint density at radius 3 is 2.50 bits per heavy atom. The number of aliphatic hydroxyl groups excluding tert-OH is 2. The molecule has 1 aromatic heterocycles. The molecule has 0 radical (unpaired) electrons. The minimum Gasteiger partial charge on any atom is -0.388 e. The van der Waals surface area contributed by atoms with Gasteiger partial charge in [0.05, 0.1) is 6.10 Å². The third-order valence-corrected chi connectivity index (χ3v) is 6.33. The van der Waals surface area contributed by atoms with Crippen LogP contribution in [0.4, 0.5) is 10.1 Å². The maximum absolute atomic E-state index is 15.3. The summed E-state index contributed by atoms with van der Waals surface area (Å²) in [5.41, 5.74) is 2.77. The van der Waals surface area contributed by atoms with Crippen molar-refractivity contribution in [1.82, 2.24) is 14.3 Å². The summed E-state index contributed by atoms with van der Waals surface area (Å²) in [5, 5.41) is 24.9. The Balaban J connectivity index is 1.88. The average Bonchev–Trinajstić information content (AvgIpc) is 3.09. The van der Waals surface area contributed by atoms with Crippen LogP contribution in [0.2, 0.25) is 0 Å². The van der Waals surface area contributed by atoms with Crippen molar-refractivity contribution in [3.05, 3.63) is 75.2 Å². The number of rotatable bonds is 5. The molecule has 2 N–H and O–H groups in total. The second-order valence-electron chi connectivity index (χ2n) is 8.53. The highest BCUT2D eigenvalue weighted by molar-refractivity contribution is 5.64. The molecule has 170 valence electrons. The molecular formula is C24H29FN4O3. The number of hydrogen-bond donors (Lipinski definition) is 2. The van der Waals surface area contributed by atoms with Gasteiger partial charge in [0, 0.05) is 36.3 Å². The van der Waals surface area contributed by atoms with Crippen molar-refractivity contribution >= 4 is 5.69 Å². The van der Waals surface area contributed by atoms with E-state index in [1.807, 2.05) is 45.0 Å². The van der Waals surface area contributed by atoms with Crippen molar-refractivity contribution < 1.29 is 14.6 Å². The number of aromatic nitrogens is 3. The van der Waals surface area contributed by atoms with Crippen LogP contribution in [0.5, 0.6) is 0 Å². The Morgan fingerprint density at radius 2 is 1.91 bits per heavy atom. The molecule has 0 amide bonds. The van der Waals surface area contributed by atoms with E-state index in [0.29, 0.717) is 24.3 Å². The normalized spacial score (nSPS) is 18.3. The highest BCUT2D eigenvalue weighted by atomic mass is 19.1. The molecule has 32 heavy (non-hydrogen) atoms. The predicted octanol–water partition coefficient (Wildman–Crippen LogP) is 3.04. The van der Waals surface area contributed by atoms with Crippen LogP contribution in [0.25, 0.3) is 5.69 Å². The van der Waals surface area contributed by atoms with Gasteiger partial charge < -0.3 is 15.1 Å². The molecule has 0 aliphatic carbocycles. The van der Waals surface area contributed by atoms with Gasteiger partial charge in [0.1, 0.15) is 18.1 Å². The molecule has 8 heteroatoms. The van der Waals surface area contributed by atoms with Crippen molar-refractivity contribution in [3.63, 3.8) is 0 Å². The number of hydrogen-bond acceptors (Lipinski definition) is 5. The summed E-state index contributed by atoms with van der Waals surface area (Å²) >= 11 is 0. The van der Waals surface area contributed by atoms with Crippen LogP contribution in [-0.2, 0) is 13.2 Å². The summed E-state index contributed by atoms with van der Waals surface area (Å²) in [6.45, 7) is 8.31. The molecule has 4 rings (SSSR count). The highest BCUT2D eigenvalue weighted by Crippen LogP contribution is 2.44. The van der Waals surface area contributed by atoms with Gasteiger partial charge in [-0.2, -0.15) is 4.68 Å². The zero-order valence-electron chi connectivity index (χ0n) is 18.8. The first kappa shape index (κ1) is 22.2. The number of fused-ring (bicyclic) bond motifs is 1. The van der Waals surface area contributed by atoms with E-state index in [9.17, 15) is 15.0 Å². The molecule has 7 nitrogen and oxygen atoms in total. The quantitative estimate of drug-likeness (QED) is 0.637. The molecule has 2 aromatic carbocycles. The maximum Gasteiger partial charge on any atom is 0.350 e. The molecule has 0 spiro atoms. The van der Waals surface area contributed by atoms with Crippen molar-refractivity contribution in [1.29, 1.82) is 0 Å². The SMILES string of the molecule is CCn1c(CO)nn(-c2cc3c(cc2F)[C@H](O)[C@H](c2ccccc2C)CN3C(C)C)c1=O. The lowest BCUT2D eigenvalue weighted by Gasteiger charge is -2.42. The molecule has 0 saturated carbocycles. The summed E-state index contributed by atoms with van der Waals surface area (Å²) in [5.74, 6) is -0.682. The topological polar surface area (TPSA) is 83.5 Å². The second-order valence-corrected chi connectivity index (χ2v) is 8.53. The van der Waals surface area contributed by atoms with E-state index < -0.39 is 24.2 Å². The van der Waals surface area contributed by atoms with Gasteiger partial charge in [0.15, 0.2) is 5.82 Å². The van der Waals surface area contributed by atoms with E-state index in [4.69, 9.17) is 0 Å². The number of nitrogens with zero attached hydrogens (tertiary/aromatic N) is 4. The number of benzene rings is 2. The van der Waals surface area contributed by atoms with Crippen LogP contribution in [-0.4, -0.2) is 37.1 Å². The minimum atomic E-state index is -0.887. The van der Waals surface area contributed by atoms with Crippen LogP contribution >= 0.6 is 0 Å². The summed E-state index contributed by atoms with van der Waals surface area (Å²) in [6.07, 6.45) is -0.887. The molecule has 0 bridgehead atoms. The highest BCUT2D eigenvalue weighted by Gasteiger charge is 2.36. The zero-order chi connectivity index (χ0) is 23.2. The fourth-order valence-corrected chi connectivity index (χ4v) is 4.63. The molecule has 0 unspecified atom stereocenters. The van der Waals surface area contributed by atoms with E-state index in [-0.39, 0.29) is 23.5 Å². The summed E-state index contributed by atoms with van der Waals surface area (Å²) < 4.78 is 17.6. The van der Waals surface area contributed by atoms with E-state index in [0.717, 1.165) is 15.8 Å². The number of halogens is 1. The van der Waals surface area contributed by atoms with Gasteiger partial charge in [-0.05, 0) is 51.0 Å². The van der Waals surface area contributed by atoms with E-state index in [1.165, 1.54) is 10.6 Å². The van der Waals surface area contributed by atoms with Crippen LogP contribution in [0.15, 0.2) is 41.2 Å². The largest absolute Gasteiger partial charge is 0.388 e. The van der Waals surface area contributed by atoms with E-state index in [2.05, 4.69) is 10.00 Å². The standard InChI is InChI=1S/C24H29FN4O3/c1-5-27-22(13-30)26-29(24(27)32)21-11-20-17(10-19(21)25)23(31)18(12-28(20)14(2)3)16-9-7-6-8-15(16)4/h6-11,14,18,23,30-31H,5,12-13H2,1-4H3/t18-,23-/m0/s1. The molecule has 3 aromatic rings. The maximum atomic E-state index is 15.3. The van der Waals surface area contributed by atoms with Crippen molar-refractivity contribution in [3.8, 4) is 5.69 Å². The Morgan fingerprint density at radius 1 is 1.19 bits per heavy atom. The van der Waals surface area contributed by atoms with Gasteiger partial charge in [0.25, 0.3) is 0 Å². The Bertz CT molecular complexity index is 1200. The zero-order valence-corrected chi connectivity index (χ0v) is 18.8. The van der Waals surface area contributed by atoms with Gasteiger partial charge in [-0.3, -0.25) is 4.57 Å². The van der Waals surface area contributed by atoms with Gasteiger partial charge in [-0.25, -0.2) is 9.18 Å². The second kappa shape index (κ2) is 8.52. The van der Waals surface area contributed by atoms with Gasteiger partial charge in [-0.15, -0.1) is 5.10 Å². The van der Waals surface area contributed by atoms with E-state index >= 15 is 4.39 Å². The third kappa shape index (κ3) is 3.53. The number of aryl methyl sites for hydroxylation is 1. The molecule has 2 heterocycles. The molecule has 0 fully saturated rings. The fraction of sp³-hybridized carbons (Fsp3) is 0.417. The lowest BCUT2D eigenvalue weighted by atomic mass is 9.82. The van der Waals surface area contributed by atoms with Crippen LogP contribution in [0.1, 0.15) is 55.3 Å². The summed E-state index contributed by atoms with van der Waals surface area (Å²) in [4.78, 5) is 14.9. The predicted molar refractivity (Wildman–Crippen MR) is 121 cm³/mol. The van der Waals surface area contributed by atoms with Crippen LogP contribution in [0, 0.1) is 12.7 Å². The summed E-state index contributed by atoms with van der Waals surface area (Å²) in [7, 11) is 0. The van der Waals surface area contributed by atoms with Gasteiger partial charge in [-0.1, -0.05) is 24.3 Å². The molecular weight excluding hydrogens is 411 g/mol.